The molecule has 0 aliphatic rings. The van der Waals surface area contributed by atoms with Crippen molar-refractivity contribution in [3.8, 4) is 11.4 Å². The Hall–Kier alpha value is -2.30. The molecule has 28 heavy (non-hydrogen) atoms. The summed E-state index contributed by atoms with van der Waals surface area (Å²) in [5, 5.41) is 3.88. The van der Waals surface area contributed by atoms with Crippen LogP contribution in [0.4, 0.5) is 10.2 Å². The van der Waals surface area contributed by atoms with Crippen LogP contribution in [0.5, 0.6) is 0 Å². The largest absolute Gasteiger partial charge is 0.363 e. The normalized spacial score (nSPS) is 13.6. The number of rotatable bonds is 5. The maximum Gasteiger partial charge on any atom is 0.266 e. The maximum atomic E-state index is 14.3. The minimum Gasteiger partial charge on any atom is -0.363 e. The first kappa shape index (κ1) is 20.4. The second-order valence-electron chi connectivity index (χ2n) is 7.45. The molecule has 0 aliphatic heterocycles. The summed E-state index contributed by atoms with van der Waals surface area (Å²) in [5.74, 6) is -1.30. The number of nitrogens with zero attached hydrogens (tertiary/aromatic N) is 3. The molecular formula is C17H19ClFN5O3S. The van der Waals surface area contributed by atoms with Crippen molar-refractivity contribution in [3.63, 3.8) is 0 Å². The second-order valence-corrected chi connectivity index (χ2v) is 9.39. The Morgan fingerprint density at radius 2 is 2.04 bits per heavy atom. The summed E-state index contributed by atoms with van der Waals surface area (Å²) in [7, 11) is -4.28. The molecule has 3 N–H and O–H groups in total. The number of H-pyrrole nitrogens is 1. The SMILES string of the molecule is CC(C)(C)C(CS(=O)(=O)O)Nc1nc(-c2c[nH]c3ncc(Cl)cc23)ncc1F. The van der Waals surface area contributed by atoms with Crippen molar-refractivity contribution in [1.29, 1.82) is 0 Å². The molecule has 3 heterocycles. The van der Waals surface area contributed by atoms with E-state index in [4.69, 9.17) is 11.6 Å². The molecule has 0 fully saturated rings. The standard InChI is InChI=1S/C17H19ClFN5O3S/c1-17(2,3)13(8-28(25,26)27)23-16-12(19)7-22-15(24-16)11-6-21-14-10(11)4-9(18)5-20-14/h4-7,13H,8H2,1-3H3,(H,20,21)(H,22,23,24)(H,25,26,27). The van der Waals surface area contributed by atoms with Gasteiger partial charge in [0.1, 0.15) is 5.65 Å². The molecule has 8 nitrogen and oxygen atoms in total. The molecule has 11 heteroatoms. The highest BCUT2D eigenvalue weighted by atomic mass is 35.5. The molecule has 0 spiro atoms. The number of aromatic nitrogens is 4. The summed E-state index contributed by atoms with van der Waals surface area (Å²) in [5.41, 5.74) is 0.530. The Bertz CT molecular complexity index is 1130. The van der Waals surface area contributed by atoms with Gasteiger partial charge in [0.05, 0.1) is 17.0 Å². The molecule has 150 valence electrons. The third kappa shape index (κ3) is 4.57. The van der Waals surface area contributed by atoms with Gasteiger partial charge in [-0.15, -0.1) is 0 Å². The average molecular weight is 428 g/mol. The third-order valence-electron chi connectivity index (χ3n) is 4.22. The van der Waals surface area contributed by atoms with Crippen LogP contribution < -0.4 is 5.32 Å². The van der Waals surface area contributed by atoms with Crippen LogP contribution in [0.15, 0.2) is 24.7 Å². The fourth-order valence-electron chi connectivity index (χ4n) is 2.64. The Labute approximate surface area is 166 Å². The predicted molar refractivity (Wildman–Crippen MR) is 105 cm³/mol. The molecule has 1 atom stereocenters. The van der Waals surface area contributed by atoms with Crippen molar-refractivity contribution in [2.24, 2.45) is 5.41 Å². The first-order chi connectivity index (χ1) is 12.9. The van der Waals surface area contributed by atoms with Gasteiger partial charge in [0, 0.05) is 29.4 Å². The zero-order valence-corrected chi connectivity index (χ0v) is 16.9. The molecule has 0 aliphatic carbocycles. The number of nitrogens with one attached hydrogen (secondary N) is 2. The minimum absolute atomic E-state index is 0.169. The van der Waals surface area contributed by atoms with Crippen molar-refractivity contribution in [3.05, 3.63) is 35.5 Å². The maximum absolute atomic E-state index is 14.3. The Balaban J connectivity index is 2.02. The number of pyridine rings is 1. The number of aromatic amines is 1. The lowest BCUT2D eigenvalue weighted by Gasteiger charge is -2.31. The summed E-state index contributed by atoms with van der Waals surface area (Å²) in [4.78, 5) is 15.4. The number of halogens is 2. The monoisotopic (exact) mass is 427 g/mol. The van der Waals surface area contributed by atoms with Gasteiger partial charge in [-0.05, 0) is 11.5 Å². The zero-order valence-electron chi connectivity index (χ0n) is 15.4. The molecule has 3 aromatic rings. The van der Waals surface area contributed by atoms with Crippen molar-refractivity contribution in [1.82, 2.24) is 19.9 Å². The summed E-state index contributed by atoms with van der Waals surface area (Å²) in [6, 6.07) is 0.894. The number of hydrogen-bond acceptors (Lipinski definition) is 6. The molecular weight excluding hydrogens is 409 g/mol. The smallest absolute Gasteiger partial charge is 0.266 e. The summed E-state index contributed by atoms with van der Waals surface area (Å²) in [6.45, 7) is 5.30. The summed E-state index contributed by atoms with van der Waals surface area (Å²) < 4.78 is 46.3. The Morgan fingerprint density at radius 1 is 1.32 bits per heavy atom. The highest BCUT2D eigenvalue weighted by Gasteiger charge is 2.30. The third-order valence-corrected chi connectivity index (χ3v) is 5.18. The molecule has 0 bridgehead atoms. The Morgan fingerprint density at radius 3 is 2.68 bits per heavy atom. The summed E-state index contributed by atoms with van der Waals surface area (Å²) in [6.07, 6.45) is 4.12. The number of anilines is 1. The van der Waals surface area contributed by atoms with E-state index in [0.29, 0.717) is 21.6 Å². The second kappa shape index (κ2) is 7.26. The molecule has 0 aromatic carbocycles. The van der Waals surface area contributed by atoms with E-state index in [2.05, 4.69) is 25.3 Å². The van der Waals surface area contributed by atoms with Crippen molar-refractivity contribution >= 4 is 38.6 Å². The quantitative estimate of drug-likeness (QED) is 0.532. The van der Waals surface area contributed by atoms with E-state index in [9.17, 15) is 17.4 Å². The Kier molecular flexibility index (Phi) is 5.30. The first-order valence-electron chi connectivity index (χ1n) is 8.31. The van der Waals surface area contributed by atoms with Gasteiger partial charge in [-0.25, -0.2) is 19.3 Å². The lowest BCUT2D eigenvalue weighted by Crippen LogP contribution is -2.40. The van der Waals surface area contributed by atoms with Gasteiger partial charge in [-0.3, -0.25) is 4.55 Å². The fraction of sp³-hybridized carbons (Fsp3) is 0.353. The molecule has 3 aromatic heterocycles. The van der Waals surface area contributed by atoms with Crippen molar-refractivity contribution in [2.75, 3.05) is 11.1 Å². The van der Waals surface area contributed by atoms with Gasteiger partial charge in [0.15, 0.2) is 17.5 Å². The van der Waals surface area contributed by atoms with Gasteiger partial charge in [-0.2, -0.15) is 8.42 Å². The van der Waals surface area contributed by atoms with E-state index >= 15 is 0 Å². The van der Waals surface area contributed by atoms with Gasteiger partial charge in [-0.1, -0.05) is 32.4 Å². The first-order valence-corrected chi connectivity index (χ1v) is 10.3. The van der Waals surface area contributed by atoms with Crippen molar-refractivity contribution < 1.29 is 17.4 Å². The van der Waals surface area contributed by atoms with Crippen LogP contribution in [0.2, 0.25) is 5.02 Å². The molecule has 3 rings (SSSR count). The summed E-state index contributed by atoms with van der Waals surface area (Å²) >= 11 is 6.00. The van der Waals surface area contributed by atoms with Crippen molar-refractivity contribution in [2.45, 2.75) is 26.8 Å². The predicted octanol–water partition coefficient (Wildman–Crippen LogP) is 3.53. The molecule has 0 saturated carbocycles. The van der Waals surface area contributed by atoms with E-state index in [-0.39, 0.29) is 11.6 Å². The van der Waals surface area contributed by atoms with Crippen LogP contribution in [0.25, 0.3) is 22.4 Å². The molecule has 0 radical (unpaired) electrons. The number of hydrogen-bond donors (Lipinski definition) is 3. The van der Waals surface area contributed by atoms with Crippen LogP contribution in [-0.4, -0.2) is 44.7 Å². The molecule has 1 unspecified atom stereocenters. The van der Waals surface area contributed by atoms with E-state index in [1.54, 1.807) is 33.0 Å². The van der Waals surface area contributed by atoms with Gasteiger partial charge >= 0.3 is 0 Å². The lowest BCUT2D eigenvalue weighted by atomic mass is 9.88. The van der Waals surface area contributed by atoms with Crippen LogP contribution in [-0.2, 0) is 10.1 Å². The topological polar surface area (TPSA) is 121 Å². The molecule has 0 saturated heterocycles. The van der Waals surface area contributed by atoms with Crippen LogP contribution >= 0.6 is 11.6 Å². The van der Waals surface area contributed by atoms with Crippen LogP contribution in [0.1, 0.15) is 20.8 Å². The zero-order chi connectivity index (χ0) is 20.7. The average Bonchev–Trinajstić information content (AvgIpc) is 2.97. The molecule has 0 amide bonds. The minimum atomic E-state index is -4.28. The van der Waals surface area contributed by atoms with Gasteiger partial charge in [0.25, 0.3) is 10.1 Å². The highest BCUT2D eigenvalue weighted by molar-refractivity contribution is 7.85. The van der Waals surface area contributed by atoms with E-state index in [0.717, 1.165) is 6.20 Å². The number of fused-ring (bicyclic) bond motifs is 1. The van der Waals surface area contributed by atoms with Gasteiger partial charge in [0.2, 0.25) is 0 Å². The fourth-order valence-corrected chi connectivity index (χ4v) is 3.81. The van der Waals surface area contributed by atoms with Crippen LogP contribution in [0.3, 0.4) is 0 Å². The van der Waals surface area contributed by atoms with Crippen LogP contribution in [0, 0.1) is 11.2 Å². The van der Waals surface area contributed by atoms with E-state index < -0.39 is 33.1 Å². The van der Waals surface area contributed by atoms with E-state index in [1.807, 2.05) is 0 Å². The van der Waals surface area contributed by atoms with E-state index in [1.165, 1.54) is 6.20 Å². The lowest BCUT2D eigenvalue weighted by molar-refractivity contribution is 0.351. The highest BCUT2D eigenvalue weighted by Crippen LogP contribution is 2.29. The van der Waals surface area contributed by atoms with Gasteiger partial charge < -0.3 is 10.3 Å².